The fourth-order valence-electron chi connectivity index (χ4n) is 1.74. The van der Waals surface area contributed by atoms with Crippen LogP contribution in [0.4, 0.5) is 11.5 Å². The number of carbonyl (C=O) groups is 1. The summed E-state index contributed by atoms with van der Waals surface area (Å²) >= 11 is 3.37. The van der Waals surface area contributed by atoms with Crippen LogP contribution in [0.5, 0.6) is 0 Å². The highest BCUT2D eigenvalue weighted by Gasteiger charge is 2.04. The van der Waals surface area contributed by atoms with Gasteiger partial charge < -0.3 is 10.6 Å². The molecule has 5 heteroatoms. The minimum absolute atomic E-state index is 0.0640. The summed E-state index contributed by atoms with van der Waals surface area (Å²) in [6, 6.07) is 11.3. The van der Waals surface area contributed by atoms with E-state index in [0.29, 0.717) is 18.7 Å². The Balaban J connectivity index is 1.90. The molecule has 0 aliphatic heterocycles. The lowest BCUT2D eigenvalue weighted by Gasteiger charge is -2.07. The zero-order valence-electron chi connectivity index (χ0n) is 11.5. The molecule has 0 saturated heterocycles. The first kappa shape index (κ1) is 15.3. The molecular formula is C16H16BrN3O. The third-order valence-electron chi connectivity index (χ3n) is 2.75. The molecule has 0 unspecified atom stereocenters. The summed E-state index contributed by atoms with van der Waals surface area (Å²) in [7, 11) is 0. The van der Waals surface area contributed by atoms with Gasteiger partial charge >= 0.3 is 0 Å². The number of nitrogens with one attached hydrogen (secondary N) is 2. The summed E-state index contributed by atoms with van der Waals surface area (Å²) in [4.78, 5) is 16.2. The molecule has 1 heterocycles. The number of carbonyl (C=O) groups excluding carboxylic acids is 1. The minimum Gasteiger partial charge on any atom is -0.367 e. The maximum absolute atomic E-state index is 11.9. The molecule has 0 saturated carbocycles. The van der Waals surface area contributed by atoms with Crippen LogP contribution in [-0.2, 0) is 11.2 Å². The number of hydrogen-bond donors (Lipinski definition) is 2. The Morgan fingerprint density at radius 2 is 2.00 bits per heavy atom. The number of nitrogens with zero attached hydrogens (tertiary/aromatic N) is 1. The van der Waals surface area contributed by atoms with E-state index in [9.17, 15) is 4.79 Å². The van der Waals surface area contributed by atoms with E-state index in [2.05, 4.69) is 38.1 Å². The molecule has 2 aromatic rings. The molecule has 21 heavy (non-hydrogen) atoms. The number of anilines is 2. The smallest absolute Gasteiger partial charge is 0.228 e. The summed E-state index contributed by atoms with van der Waals surface area (Å²) in [5.74, 6) is 0.687. The molecule has 1 aromatic carbocycles. The van der Waals surface area contributed by atoms with Crippen molar-refractivity contribution in [1.29, 1.82) is 0 Å². The predicted octanol–water partition coefficient (Wildman–Crippen LogP) is 3.62. The Morgan fingerprint density at radius 1 is 1.24 bits per heavy atom. The zero-order valence-corrected chi connectivity index (χ0v) is 13.1. The average Bonchev–Trinajstić information content (AvgIpc) is 2.49. The topological polar surface area (TPSA) is 54.0 Å². The summed E-state index contributed by atoms with van der Waals surface area (Å²) in [5.41, 5.74) is 1.65. The van der Waals surface area contributed by atoms with Gasteiger partial charge in [-0.15, -0.1) is 6.58 Å². The molecule has 0 radical (unpaired) electrons. The monoisotopic (exact) mass is 345 g/mol. The van der Waals surface area contributed by atoms with E-state index in [1.807, 2.05) is 36.4 Å². The van der Waals surface area contributed by atoms with Gasteiger partial charge in [0.25, 0.3) is 0 Å². The van der Waals surface area contributed by atoms with Gasteiger partial charge in [0.2, 0.25) is 5.91 Å². The Morgan fingerprint density at radius 3 is 2.62 bits per heavy atom. The van der Waals surface area contributed by atoms with E-state index in [1.54, 1.807) is 12.3 Å². The quantitative estimate of drug-likeness (QED) is 0.786. The van der Waals surface area contributed by atoms with Crippen LogP contribution in [0.15, 0.2) is 59.7 Å². The lowest BCUT2D eigenvalue weighted by Crippen LogP contribution is -2.14. The fraction of sp³-hybridized carbons (Fsp3) is 0.125. The first-order valence-corrected chi connectivity index (χ1v) is 7.32. The van der Waals surface area contributed by atoms with E-state index in [0.717, 1.165) is 15.9 Å². The molecule has 0 aliphatic rings. The lowest BCUT2D eigenvalue weighted by atomic mass is 10.1. The van der Waals surface area contributed by atoms with Gasteiger partial charge in [0, 0.05) is 11.0 Å². The number of aromatic nitrogens is 1. The number of pyridine rings is 1. The van der Waals surface area contributed by atoms with Crippen LogP contribution in [0.1, 0.15) is 5.56 Å². The maximum Gasteiger partial charge on any atom is 0.228 e. The van der Waals surface area contributed by atoms with Crippen LogP contribution in [0.2, 0.25) is 0 Å². The van der Waals surface area contributed by atoms with Crippen LogP contribution in [-0.4, -0.2) is 17.4 Å². The van der Waals surface area contributed by atoms with Crippen molar-refractivity contribution >= 4 is 33.3 Å². The normalized spacial score (nSPS) is 9.95. The molecular weight excluding hydrogens is 330 g/mol. The molecule has 2 rings (SSSR count). The predicted molar refractivity (Wildman–Crippen MR) is 89.4 cm³/mol. The number of halogens is 1. The van der Waals surface area contributed by atoms with Crippen molar-refractivity contribution in [3.63, 3.8) is 0 Å². The second-order valence-electron chi connectivity index (χ2n) is 4.45. The maximum atomic E-state index is 11.9. The molecule has 0 spiro atoms. The second kappa shape index (κ2) is 7.59. The molecule has 0 atom stereocenters. The molecule has 108 valence electrons. The van der Waals surface area contributed by atoms with Crippen molar-refractivity contribution in [2.75, 3.05) is 17.2 Å². The van der Waals surface area contributed by atoms with Crippen molar-refractivity contribution in [3.8, 4) is 0 Å². The van der Waals surface area contributed by atoms with Crippen LogP contribution in [0, 0.1) is 0 Å². The standard InChI is InChI=1S/C16H16BrN3O/c1-2-9-18-15-8-7-14(11-19-15)20-16(21)10-12-3-5-13(17)6-4-12/h2-8,11H,1,9-10H2,(H,18,19)(H,20,21). The van der Waals surface area contributed by atoms with E-state index in [4.69, 9.17) is 0 Å². The fourth-order valence-corrected chi connectivity index (χ4v) is 2.01. The minimum atomic E-state index is -0.0640. The van der Waals surface area contributed by atoms with Crippen LogP contribution >= 0.6 is 15.9 Å². The zero-order chi connectivity index (χ0) is 15.1. The Labute approximate surface area is 132 Å². The van der Waals surface area contributed by atoms with E-state index < -0.39 is 0 Å². The van der Waals surface area contributed by atoms with Crippen LogP contribution in [0.3, 0.4) is 0 Å². The molecule has 4 nitrogen and oxygen atoms in total. The van der Waals surface area contributed by atoms with Gasteiger partial charge in [-0.05, 0) is 29.8 Å². The number of rotatable bonds is 6. The van der Waals surface area contributed by atoms with Gasteiger partial charge in [0.15, 0.2) is 0 Å². The number of hydrogen-bond acceptors (Lipinski definition) is 3. The Hall–Kier alpha value is -2.14. The summed E-state index contributed by atoms with van der Waals surface area (Å²) in [6.07, 6.45) is 3.73. The van der Waals surface area contributed by atoms with E-state index in [1.165, 1.54) is 0 Å². The van der Waals surface area contributed by atoms with Gasteiger partial charge in [0.1, 0.15) is 5.82 Å². The third-order valence-corrected chi connectivity index (χ3v) is 3.28. The van der Waals surface area contributed by atoms with Crippen molar-refractivity contribution in [2.45, 2.75) is 6.42 Å². The van der Waals surface area contributed by atoms with Gasteiger partial charge in [0.05, 0.1) is 18.3 Å². The third kappa shape index (κ3) is 5.04. The first-order valence-electron chi connectivity index (χ1n) is 6.52. The summed E-state index contributed by atoms with van der Waals surface area (Å²) in [5, 5.41) is 5.90. The molecule has 1 amide bonds. The van der Waals surface area contributed by atoms with Crippen molar-refractivity contribution in [1.82, 2.24) is 4.98 Å². The Bertz CT molecular complexity index is 608. The van der Waals surface area contributed by atoms with Crippen molar-refractivity contribution in [2.24, 2.45) is 0 Å². The molecule has 0 fully saturated rings. The number of benzene rings is 1. The second-order valence-corrected chi connectivity index (χ2v) is 5.37. The summed E-state index contributed by atoms with van der Waals surface area (Å²) < 4.78 is 0.999. The molecule has 0 bridgehead atoms. The van der Waals surface area contributed by atoms with Crippen LogP contribution < -0.4 is 10.6 Å². The van der Waals surface area contributed by atoms with Gasteiger partial charge in [-0.3, -0.25) is 4.79 Å². The van der Waals surface area contributed by atoms with Crippen molar-refractivity contribution < 1.29 is 4.79 Å². The SMILES string of the molecule is C=CCNc1ccc(NC(=O)Cc2ccc(Br)cc2)cn1. The number of amides is 1. The summed E-state index contributed by atoms with van der Waals surface area (Å²) in [6.45, 7) is 4.28. The van der Waals surface area contributed by atoms with Gasteiger partial charge in [-0.25, -0.2) is 4.98 Å². The van der Waals surface area contributed by atoms with Crippen LogP contribution in [0.25, 0.3) is 0 Å². The molecule has 1 aromatic heterocycles. The van der Waals surface area contributed by atoms with Crippen molar-refractivity contribution in [3.05, 3.63) is 65.3 Å². The molecule has 0 aliphatic carbocycles. The highest BCUT2D eigenvalue weighted by Crippen LogP contribution is 2.13. The molecule has 2 N–H and O–H groups in total. The average molecular weight is 346 g/mol. The largest absolute Gasteiger partial charge is 0.367 e. The van der Waals surface area contributed by atoms with E-state index in [-0.39, 0.29) is 5.91 Å². The van der Waals surface area contributed by atoms with Gasteiger partial charge in [-0.1, -0.05) is 34.1 Å². The highest BCUT2D eigenvalue weighted by molar-refractivity contribution is 9.10. The highest BCUT2D eigenvalue weighted by atomic mass is 79.9. The van der Waals surface area contributed by atoms with E-state index >= 15 is 0 Å². The first-order chi connectivity index (χ1) is 10.2. The van der Waals surface area contributed by atoms with Gasteiger partial charge in [-0.2, -0.15) is 0 Å². The Kier molecular flexibility index (Phi) is 5.51. The lowest BCUT2D eigenvalue weighted by molar-refractivity contribution is -0.115.